The summed E-state index contributed by atoms with van der Waals surface area (Å²) in [5, 5.41) is 0. The summed E-state index contributed by atoms with van der Waals surface area (Å²) in [6, 6.07) is 7.15. The molecule has 2 aliphatic heterocycles. The van der Waals surface area contributed by atoms with E-state index in [1.54, 1.807) is 19.1 Å². The number of likely N-dealkylation sites (tertiary alicyclic amines) is 2. The number of aromatic nitrogens is 1. The molecule has 2 aromatic rings. The van der Waals surface area contributed by atoms with Crippen LogP contribution in [0.5, 0.6) is 5.75 Å². The molecule has 2 aliphatic rings. The molecular weight excluding hydrogens is 556 g/mol. The Morgan fingerprint density at radius 2 is 1.78 bits per heavy atom. The van der Waals surface area contributed by atoms with Gasteiger partial charge in [0.25, 0.3) is 5.91 Å². The number of benzene rings is 1. The molecule has 13 heteroatoms. The van der Waals surface area contributed by atoms with Crippen molar-refractivity contribution >= 4 is 11.9 Å². The number of nitrogens with zero attached hydrogens (tertiary/aromatic N) is 3. The molecule has 224 valence electrons. The fourth-order valence-corrected chi connectivity index (χ4v) is 5.25. The normalized spacial score (nSPS) is 20.7. The Balaban J connectivity index is 1.32. The number of pyridine rings is 1. The van der Waals surface area contributed by atoms with Gasteiger partial charge in [-0.1, -0.05) is 0 Å². The van der Waals surface area contributed by atoms with Crippen LogP contribution in [0.3, 0.4) is 0 Å². The number of carbonyl (C=O) groups is 2. The molecule has 1 unspecified atom stereocenters. The molecule has 3 heterocycles. The molecule has 1 atom stereocenters. The number of amides is 1. The minimum atomic E-state index is -5.57. The Labute approximate surface area is 233 Å². The van der Waals surface area contributed by atoms with Gasteiger partial charge in [0, 0.05) is 17.7 Å². The zero-order chi connectivity index (χ0) is 30.0. The van der Waals surface area contributed by atoms with Crippen LogP contribution in [-0.2, 0) is 9.53 Å². The highest BCUT2D eigenvalue weighted by atomic mass is 19.4. The van der Waals surface area contributed by atoms with E-state index in [-0.39, 0.29) is 36.7 Å². The van der Waals surface area contributed by atoms with Gasteiger partial charge < -0.3 is 14.4 Å². The van der Waals surface area contributed by atoms with Crippen molar-refractivity contribution in [2.24, 2.45) is 5.92 Å². The van der Waals surface area contributed by atoms with Gasteiger partial charge in [-0.2, -0.15) is 22.0 Å². The van der Waals surface area contributed by atoms with Gasteiger partial charge in [0.05, 0.1) is 32.2 Å². The fourth-order valence-electron chi connectivity index (χ4n) is 5.25. The molecule has 0 radical (unpaired) electrons. The first kappa shape index (κ1) is 30.6. The van der Waals surface area contributed by atoms with E-state index in [4.69, 9.17) is 9.47 Å². The lowest BCUT2D eigenvalue weighted by atomic mass is 9.97. The smallest absolute Gasteiger partial charge is 0.454 e. The maximum Gasteiger partial charge on any atom is 0.454 e. The predicted molar refractivity (Wildman–Crippen MR) is 136 cm³/mol. The molecule has 0 N–H and O–H groups in total. The average molecular weight is 588 g/mol. The monoisotopic (exact) mass is 587 g/mol. The second-order valence-electron chi connectivity index (χ2n) is 10.6. The van der Waals surface area contributed by atoms with E-state index >= 15 is 4.39 Å². The van der Waals surface area contributed by atoms with E-state index in [0.717, 1.165) is 11.0 Å². The summed E-state index contributed by atoms with van der Waals surface area (Å²) < 4.78 is 89.6. The van der Waals surface area contributed by atoms with Crippen molar-refractivity contribution in [1.82, 2.24) is 14.8 Å². The Kier molecular flexibility index (Phi) is 8.86. The third kappa shape index (κ3) is 6.60. The number of esters is 1. The van der Waals surface area contributed by atoms with Crippen molar-refractivity contribution in [2.75, 3.05) is 39.9 Å². The summed E-state index contributed by atoms with van der Waals surface area (Å²) in [6.45, 7) is 1.07. The zero-order valence-corrected chi connectivity index (χ0v) is 22.6. The number of carbonyl (C=O) groups excluding carboxylic acids is 2. The first-order valence-electron chi connectivity index (χ1n) is 13.2. The van der Waals surface area contributed by atoms with Gasteiger partial charge in [0.2, 0.25) is 0 Å². The molecule has 7 nitrogen and oxygen atoms in total. The van der Waals surface area contributed by atoms with Crippen LogP contribution in [0.4, 0.5) is 26.3 Å². The summed E-state index contributed by atoms with van der Waals surface area (Å²) in [5.41, 5.74) is -0.560. The molecule has 1 amide bonds. The van der Waals surface area contributed by atoms with E-state index in [2.05, 4.69) is 4.98 Å². The Bertz CT molecular complexity index is 1250. The lowest BCUT2D eigenvalue weighted by Gasteiger charge is -2.34. The molecule has 2 fully saturated rings. The van der Waals surface area contributed by atoms with Gasteiger partial charge in [0.15, 0.2) is 0 Å². The van der Waals surface area contributed by atoms with Crippen molar-refractivity contribution in [3.05, 3.63) is 47.9 Å². The summed E-state index contributed by atoms with van der Waals surface area (Å²) in [4.78, 5) is 32.1. The highest BCUT2D eigenvalue weighted by molar-refractivity contribution is 5.98. The van der Waals surface area contributed by atoms with Crippen LogP contribution in [0.2, 0.25) is 0 Å². The van der Waals surface area contributed by atoms with Gasteiger partial charge in [-0.05, 0) is 81.9 Å². The van der Waals surface area contributed by atoms with Crippen LogP contribution in [0.15, 0.2) is 36.5 Å². The number of alkyl halides is 5. The summed E-state index contributed by atoms with van der Waals surface area (Å²) in [5.74, 6) is -6.05. The van der Waals surface area contributed by atoms with E-state index in [0.29, 0.717) is 43.7 Å². The Hall–Kier alpha value is -3.35. The number of hydrogen-bond acceptors (Lipinski definition) is 6. The lowest BCUT2D eigenvalue weighted by Crippen LogP contribution is -2.51. The number of methoxy groups -OCH3 is 1. The SMILES string of the molecule is COC(=O)C1(C)CCCN1C(=O)c1ccc(-c2ccc(OCC3CCN(CC(F)(F)C(F)(F)F)CC3)cn2)c(F)c1. The standard InChI is InChI=1S/C28H31F6N3O4/c1-26(25(39)40-2)10-3-11-37(26)24(38)19-4-6-21(22(29)14-19)23-7-5-20(15-35-23)41-16-18-8-12-36(13-9-18)17-27(30,31)28(32,33)34/h4-7,14-15,18H,3,8-13,16-17H2,1-2H3. The molecule has 41 heavy (non-hydrogen) atoms. The summed E-state index contributed by atoms with van der Waals surface area (Å²) in [7, 11) is 1.26. The predicted octanol–water partition coefficient (Wildman–Crippen LogP) is 5.34. The minimum absolute atomic E-state index is 0.0235. The molecule has 0 bridgehead atoms. The highest BCUT2D eigenvalue weighted by Crippen LogP contribution is 2.37. The van der Waals surface area contributed by atoms with E-state index < -0.39 is 41.9 Å². The van der Waals surface area contributed by atoms with Gasteiger partial charge in [0.1, 0.15) is 17.1 Å². The van der Waals surface area contributed by atoms with Gasteiger partial charge in [-0.15, -0.1) is 0 Å². The quantitative estimate of drug-likeness (QED) is 0.307. The van der Waals surface area contributed by atoms with Crippen LogP contribution < -0.4 is 4.74 Å². The number of halogens is 6. The van der Waals surface area contributed by atoms with Crippen molar-refractivity contribution in [2.45, 2.75) is 50.2 Å². The number of piperidine rings is 1. The van der Waals surface area contributed by atoms with Crippen molar-refractivity contribution in [1.29, 1.82) is 0 Å². The average Bonchev–Trinajstić information content (AvgIpc) is 3.33. The third-order valence-corrected chi connectivity index (χ3v) is 7.77. The minimum Gasteiger partial charge on any atom is -0.492 e. The van der Waals surface area contributed by atoms with E-state index in [1.165, 1.54) is 30.3 Å². The number of hydrogen-bond donors (Lipinski definition) is 0. The lowest BCUT2D eigenvalue weighted by molar-refractivity contribution is -0.287. The van der Waals surface area contributed by atoms with Gasteiger partial charge in [-0.3, -0.25) is 14.7 Å². The molecular formula is C28H31F6N3O4. The molecule has 1 aromatic heterocycles. The first-order valence-corrected chi connectivity index (χ1v) is 13.2. The van der Waals surface area contributed by atoms with Gasteiger partial charge in [-0.25, -0.2) is 9.18 Å². The van der Waals surface area contributed by atoms with Crippen LogP contribution in [0, 0.1) is 11.7 Å². The molecule has 0 spiro atoms. The van der Waals surface area contributed by atoms with Crippen LogP contribution >= 0.6 is 0 Å². The van der Waals surface area contributed by atoms with Crippen molar-refractivity contribution in [3.63, 3.8) is 0 Å². The Morgan fingerprint density at radius 1 is 1.07 bits per heavy atom. The number of ether oxygens (including phenoxy) is 2. The van der Waals surface area contributed by atoms with E-state index in [9.17, 15) is 31.5 Å². The molecule has 0 aliphatic carbocycles. The highest BCUT2D eigenvalue weighted by Gasteiger charge is 2.58. The fraction of sp³-hybridized carbons (Fsp3) is 0.536. The second-order valence-corrected chi connectivity index (χ2v) is 10.6. The topological polar surface area (TPSA) is 72.0 Å². The van der Waals surface area contributed by atoms with Gasteiger partial charge >= 0.3 is 18.1 Å². The third-order valence-electron chi connectivity index (χ3n) is 7.77. The van der Waals surface area contributed by atoms with Crippen LogP contribution in [0.25, 0.3) is 11.3 Å². The summed E-state index contributed by atoms with van der Waals surface area (Å²) in [6.07, 6.45) is -2.28. The zero-order valence-electron chi connectivity index (χ0n) is 22.6. The molecule has 1 aromatic carbocycles. The largest absolute Gasteiger partial charge is 0.492 e. The maximum absolute atomic E-state index is 15.0. The molecule has 4 rings (SSSR count). The van der Waals surface area contributed by atoms with Crippen molar-refractivity contribution in [3.8, 4) is 17.0 Å². The second kappa shape index (κ2) is 11.9. The van der Waals surface area contributed by atoms with Crippen molar-refractivity contribution < 1.29 is 45.4 Å². The number of rotatable bonds is 8. The van der Waals surface area contributed by atoms with Crippen LogP contribution in [-0.4, -0.2) is 84.2 Å². The van der Waals surface area contributed by atoms with E-state index in [1.807, 2.05) is 0 Å². The molecule has 0 saturated carbocycles. The summed E-state index contributed by atoms with van der Waals surface area (Å²) >= 11 is 0. The molecule has 2 saturated heterocycles. The first-order chi connectivity index (χ1) is 19.2. The van der Waals surface area contributed by atoms with Crippen LogP contribution in [0.1, 0.15) is 43.0 Å². The Morgan fingerprint density at radius 3 is 2.37 bits per heavy atom. The maximum atomic E-state index is 15.0.